The van der Waals surface area contributed by atoms with E-state index in [1.807, 2.05) is 30.3 Å². The Morgan fingerprint density at radius 3 is 2.76 bits per heavy atom. The number of hydrogen-bond donors (Lipinski definition) is 1. The first-order valence-electron chi connectivity index (χ1n) is 5.01. The van der Waals surface area contributed by atoms with Crippen LogP contribution in [0.1, 0.15) is 4.88 Å². The number of esters is 1. The van der Waals surface area contributed by atoms with Gasteiger partial charge in [-0.2, -0.15) is 0 Å². The predicted molar refractivity (Wildman–Crippen MR) is 64.9 cm³/mol. The van der Waals surface area contributed by atoms with Gasteiger partial charge in [-0.25, -0.2) is 4.98 Å². The third-order valence-corrected chi connectivity index (χ3v) is 3.32. The zero-order chi connectivity index (χ0) is 12.3. The molecule has 2 rings (SSSR count). The normalized spacial score (nSPS) is 10.2. The number of carbonyl (C=O) groups is 1. The molecule has 0 atom stereocenters. The molecule has 0 fully saturated rings. The Labute approximate surface area is 103 Å². The summed E-state index contributed by atoms with van der Waals surface area (Å²) in [5, 5.41) is 10.3. The molecule has 1 heterocycles. The van der Waals surface area contributed by atoms with Crippen molar-refractivity contribution in [2.24, 2.45) is 0 Å². The van der Waals surface area contributed by atoms with E-state index in [1.165, 1.54) is 18.4 Å². The molecule has 0 aliphatic heterocycles. The minimum atomic E-state index is -0.386. The van der Waals surface area contributed by atoms with Crippen molar-refractivity contribution in [3.05, 3.63) is 35.2 Å². The highest BCUT2D eigenvalue weighted by molar-refractivity contribution is 7.15. The van der Waals surface area contributed by atoms with Crippen molar-refractivity contribution in [3.8, 4) is 16.5 Å². The molecule has 2 aromatic rings. The quantitative estimate of drug-likeness (QED) is 0.847. The van der Waals surface area contributed by atoms with Gasteiger partial charge in [-0.15, -0.1) is 11.3 Å². The Kier molecular flexibility index (Phi) is 3.39. The number of nitrogens with zero attached hydrogens (tertiary/aromatic N) is 1. The van der Waals surface area contributed by atoms with Gasteiger partial charge >= 0.3 is 5.97 Å². The Hall–Kier alpha value is -1.88. The second-order valence-electron chi connectivity index (χ2n) is 3.38. The van der Waals surface area contributed by atoms with Crippen molar-refractivity contribution < 1.29 is 14.6 Å². The number of aromatic nitrogens is 1. The summed E-state index contributed by atoms with van der Waals surface area (Å²) in [5.41, 5.74) is 0.920. The van der Waals surface area contributed by atoms with Crippen molar-refractivity contribution in [2.45, 2.75) is 6.42 Å². The van der Waals surface area contributed by atoms with Crippen LogP contribution in [0, 0.1) is 0 Å². The second-order valence-corrected chi connectivity index (χ2v) is 4.47. The molecule has 4 nitrogen and oxygen atoms in total. The van der Waals surface area contributed by atoms with Crippen LogP contribution in [-0.4, -0.2) is 23.2 Å². The molecular formula is C12H11NO3S. The fourth-order valence-electron chi connectivity index (χ4n) is 1.37. The predicted octanol–water partition coefficient (Wildman–Crippen LogP) is 2.23. The maximum atomic E-state index is 11.1. The third kappa shape index (κ3) is 2.62. The first kappa shape index (κ1) is 11.6. The van der Waals surface area contributed by atoms with Crippen LogP contribution in [0.25, 0.3) is 10.6 Å². The SMILES string of the molecule is COC(=O)Cc1sc(-c2ccccc2)nc1O. The summed E-state index contributed by atoms with van der Waals surface area (Å²) in [7, 11) is 1.32. The average Bonchev–Trinajstić information content (AvgIpc) is 2.72. The van der Waals surface area contributed by atoms with Gasteiger partial charge < -0.3 is 9.84 Å². The van der Waals surface area contributed by atoms with E-state index in [0.29, 0.717) is 9.88 Å². The molecule has 0 amide bonds. The summed E-state index contributed by atoms with van der Waals surface area (Å²) in [4.78, 5) is 15.7. The molecule has 0 saturated carbocycles. The maximum absolute atomic E-state index is 11.1. The molecule has 0 aliphatic carbocycles. The molecule has 0 aliphatic rings. The maximum Gasteiger partial charge on any atom is 0.311 e. The van der Waals surface area contributed by atoms with Crippen LogP contribution in [0.15, 0.2) is 30.3 Å². The van der Waals surface area contributed by atoms with Gasteiger partial charge in [0.25, 0.3) is 0 Å². The van der Waals surface area contributed by atoms with Crippen LogP contribution < -0.4 is 0 Å². The van der Waals surface area contributed by atoms with Gasteiger partial charge in [-0.3, -0.25) is 4.79 Å². The summed E-state index contributed by atoms with van der Waals surface area (Å²) >= 11 is 1.29. The lowest BCUT2D eigenvalue weighted by atomic mass is 10.2. The minimum absolute atomic E-state index is 0.0484. The Morgan fingerprint density at radius 2 is 2.12 bits per heavy atom. The minimum Gasteiger partial charge on any atom is -0.492 e. The molecular weight excluding hydrogens is 238 g/mol. The average molecular weight is 249 g/mol. The highest BCUT2D eigenvalue weighted by atomic mass is 32.1. The van der Waals surface area contributed by atoms with Crippen molar-refractivity contribution in [3.63, 3.8) is 0 Å². The van der Waals surface area contributed by atoms with Crippen LogP contribution >= 0.6 is 11.3 Å². The second kappa shape index (κ2) is 4.97. The zero-order valence-electron chi connectivity index (χ0n) is 9.21. The summed E-state index contributed by atoms with van der Waals surface area (Å²) in [6, 6.07) is 9.51. The summed E-state index contributed by atoms with van der Waals surface area (Å²) in [6.45, 7) is 0. The molecule has 1 aromatic carbocycles. The van der Waals surface area contributed by atoms with Crippen LogP contribution in [-0.2, 0) is 16.0 Å². The zero-order valence-corrected chi connectivity index (χ0v) is 10.0. The van der Waals surface area contributed by atoms with Gasteiger partial charge in [-0.1, -0.05) is 30.3 Å². The lowest BCUT2D eigenvalue weighted by Gasteiger charge is -1.95. The van der Waals surface area contributed by atoms with E-state index < -0.39 is 0 Å². The molecule has 17 heavy (non-hydrogen) atoms. The number of rotatable bonds is 3. The van der Waals surface area contributed by atoms with E-state index >= 15 is 0 Å². The number of aromatic hydroxyl groups is 1. The summed E-state index contributed by atoms with van der Waals surface area (Å²) in [5.74, 6) is -0.484. The number of hydrogen-bond acceptors (Lipinski definition) is 5. The van der Waals surface area contributed by atoms with E-state index in [2.05, 4.69) is 9.72 Å². The lowest BCUT2D eigenvalue weighted by molar-refractivity contribution is -0.139. The highest BCUT2D eigenvalue weighted by Crippen LogP contribution is 2.31. The molecule has 88 valence electrons. The summed E-state index contributed by atoms with van der Waals surface area (Å²) in [6.07, 6.45) is 0.0484. The van der Waals surface area contributed by atoms with Gasteiger partial charge in [0.05, 0.1) is 18.4 Å². The third-order valence-electron chi connectivity index (χ3n) is 2.23. The number of methoxy groups -OCH3 is 1. The molecule has 5 heteroatoms. The highest BCUT2D eigenvalue weighted by Gasteiger charge is 2.14. The molecule has 0 saturated heterocycles. The first-order valence-corrected chi connectivity index (χ1v) is 5.83. The number of ether oxygens (including phenoxy) is 1. The molecule has 1 aromatic heterocycles. The van der Waals surface area contributed by atoms with Crippen molar-refractivity contribution >= 4 is 17.3 Å². The van der Waals surface area contributed by atoms with Crippen LogP contribution in [0.2, 0.25) is 0 Å². The van der Waals surface area contributed by atoms with E-state index in [4.69, 9.17) is 0 Å². The van der Waals surface area contributed by atoms with Gasteiger partial charge in [0, 0.05) is 5.56 Å². The van der Waals surface area contributed by atoms with Crippen LogP contribution in [0.3, 0.4) is 0 Å². The van der Waals surface area contributed by atoms with Crippen molar-refractivity contribution in [1.29, 1.82) is 0 Å². The van der Waals surface area contributed by atoms with Gasteiger partial charge in [0.2, 0.25) is 5.88 Å². The Morgan fingerprint density at radius 1 is 1.41 bits per heavy atom. The van der Waals surface area contributed by atoms with E-state index in [1.54, 1.807) is 0 Å². The molecule has 1 N–H and O–H groups in total. The fraction of sp³-hybridized carbons (Fsp3) is 0.167. The molecule has 0 unspecified atom stereocenters. The van der Waals surface area contributed by atoms with Crippen molar-refractivity contribution in [2.75, 3.05) is 7.11 Å². The van der Waals surface area contributed by atoms with Crippen LogP contribution in [0.5, 0.6) is 5.88 Å². The smallest absolute Gasteiger partial charge is 0.311 e. The largest absolute Gasteiger partial charge is 0.492 e. The van der Waals surface area contributed by atoms with E-state index in [0.717, 1.165) is 5.56 Å². The molecule has 0 spiro atoms. The number of benzene rings is 1. The first-order chi connectivity index (χ1) is 8.20. The van der Waals surface area contributed by atoms with E-state index in [-0.39, 0.29) is 18.3 Å². The topological polar surface area (TPSA) is 59.4 Å². The Bertz CT molecular complexity index is 522. The van der Waals surface area contributed by atoms with Crippen LogP contribution in [0.4, 0.5) is 0 Å². The Balaban J connectivity index is 2.28. The van der Waals surface area contributed by atoms with Gasteiger partial charge in [0.1, 0.15) is 5.01 Å². The van der Waals surface area contributed by atoms with Gasteiger partial charge in [0.15, 0.2) is 0 Å². The lowest BCUT2D eigenvalue weighted by Crippen LogP contribution is -2.02. The molecule has 0 bridgehead atoms. The van der Waals surface area contributed by atoms with E-state index in [9.17, 15) is 9.90 Å². The molecule has 0 radical (unpaired) electrons. The standard InChI is InChI=1S/C12H11NO3S/c1-16-10(14)7-9-11(15)13-12(17-9)8-5-3-2-4-6-8/h2-6,15H,7H2,1H3. The monoisotopic (exact) mass is 249 g/mol. The summed E-state index contributed by atoms with van der Waals surface area (Å²) < 4.78 is 4.55. The number of carbonyl (C=O) groups excluding carboxylic acids is 1. The van der Waals surface area contributed by atoms with Gasteiger partial charge in [-0.05, 0) is 0 Å². The number of thiazole rings is 1. The fourth-order valence-corrected chi connectivity index (χ4v) is 2.31. The van der Waals surface area contributed by atoms with Crippen molar-refractivity contribution in [1.82, 2.24) is 4.98 Å².